The van der Waals surface area contributed by atoms with E-state index in [0.29, 0.717) is 5.92 Å². The molecule has 0 bridgehead atoms. The molecule has 0 aromatic rings. The van der Waals surface area contributed by atoms with Crippen molar-refractivity contribution >= 4 is 0 Å². The number of aliphatic hydroxyl groups excluding tert-OH is 1. The first-order chi connectivity index (χ1) is 8.78. The highest BCUT2D eigenvalue weighted by Crippen LogP contribution is 2.39. The maximum atomic E-state index is 10.9. The molecule has 106 valence electrons. The Morgan fingerprint density at radius 3 is 1.89 bits per heavy atom. The van der Waals surface area contributed by atoms with Gasteiger partial charge in [-0.05, 0) is 31.6 Å². The first-order valence-electron chi connectivity index (χ1n) is 8.02. The summed E-state index contributed by atoms with van der Waals surface area (Å²) >= 11 is 0. The molecule has 1 N–H and O–H groups in total. The monoisotopic (exact) mass is 254 g/mol. The van der Waals surface area contributed by atoms with Gasteiger partial charge in [0.25, 0.3) is 0 Å². The number of rotatable bonds is 3. The Morgan fingerprint density at radius 1 is 0.889 bits per heavy atom. The molecular weight excluding hydrogens is 224 g/mol. The second kappa shape index (κ2) is 6.91. The summed E-state index contributed by atoms with van der Waals surface area (Å²) in [4.78, 5) is 0. The molecule has 2 fully saturated rings. The van der Waals surface area contributed by atoms with Gasteiger partial charge in [0.1, 0.15) is 0 Å². The minimum Gasteiger partial charge on any atom is -0.390 e. The second-order valence-corrected chi connectivity index (χ2v) is 6.38. The van der Waals surface area contributed by atoms with Gasteiger partial charge in [-0.2, -0.15) is 0 Å². The van der Waals surface area contributed by atoms with E-state index in [1.807, 2.05) is 7.11 Å². The van der Waals surface area contributed by atoms with Gasteiger partial charge < -0.3 is 9.84 Å². The molecule has 0 amide bonds. The van der Waals surface area contributed by atoms with E-state index in [1.165, 1.54) is 64.2 Å². The lowest BCUT2D eigenvalue weighted by atomic mass is 9.78. The predicted molar refractivity (Wildman–Crippen MR) is 74.6 cm³/mol. The van der Waals surface area contributed by atoms with Crippen LogP contribution in [0.25, 0.3) is 0 Å². The highest BCUT2D eigenvalue weighted by atomic mass is 16.5. The quantitative estimate of drug-likeness (QED) is 0.770. The van der Waals surface area contributed by atoms with Crippen LogP contribution in [0, 0.1) is 5.92 Å². The van der Waals surface area contributed by atoms with E-state index < -0.39 is 0 Å². The average Bonchev–Trinajstić information content (AvgIpc) is 2.81. The van der Waals surface area contributed by atoms with E-state index in [2.05, 4.69) is 0 Å². The van der Waals surface area contributed by atoms with Crippen molar-refractivity contribution in [1.29, 1.82) is 0 Å². The highest BCUT2D eigenvalue weighted by Gasteiger charge is 2.42. The van der Waals surface area contributed by atoms with Gasteiger partial charge in [0.15, 0.2) is 0 Å². The lowest BCUT2D eigenvalue weighted by molar-refractivity contribution is -0.134. The van der Waals surface area contributed by atoms with Crippen LogP contribution in [0.2, 0.25) is 0 Å². The molecule has 2 rings (SSSR count). The summed E-state index contributed by atoms with van der Waals surface area (Å²) in [7, 11) is 1.81. The first-order valence-corrected chi connectivity index (χ1v) is 8.02. The lowest BCUT2D eigenvalue weighted by Crippen LogP contribution is -2.47. The van der Waals surface area contributed by atoms with Crippen molar-refractivity contribution < 1.29 is 9.84 Å². The fraction of sp³-hybridized carbons (Fsp3) is 1.00. The van der Waals surface area contributed by atoms with Crippen LogP contribution in [0.4, 0.5) is 0 Å². The fourth-order valence-electron chi connectivity index (χ4n) is 4.00. The summed E-state index contributed by atoms with van der Waals surface area (Å²) in [5.74, 6) is 0.477. The number of hydrogen-bond donors (Lipinski definition) is 1. The summed E-state index contributed by atoms with van der Waals surface area (Å²) in [6, 6.07) is 0. The molecule has 1 unspecified atom stereocenters. The van der Waals surface area contributed by atoms with Gasteiger partial charge in [0, 0.05) is 7.11 Å². The van der Waals surface area contributed by atoms with E-state index in [9.17, 15) is 5.11 Å². The molecule has 2 heteroatoms. The minimum atomic E-state index is -0.237. The van der Waals surface area contributed by atoms with Crippen molar-refractivity contribution in [1.82, 2.24) is 0 Å². The summed E-state index contributed by atoms with van der Waals surface area (Å²) in [5, 5.41) is 10.9. The third-order valence-electron chi connectivity index (χ3n) is 5.24. The molecule has 2 nitrogen and oxygen atoms in total. The van der Waals surface area contributed by atoms with Crippen molar-refractivity contribution in [3.8, 4) is 0 Å². The summed E-state index contributed by atoms with van der Waals surface area (Å²) in [5.41, 5.74) is -0.231. The van der Waals surface area contributed by atoms with Crippen LogP contribution in [0.5, 0.6) is 0 Å². The van der Waals surface area contributed by atoms with Gasteiger partial charge in [-0.25, -0.2) is 0 Å². The normalized spacial score (nSPS) is 28.3. The molecule has 2 saturated carbocycles. The van der Waals surface area contributed by atoms with Gasteiger partial charge in [-0.3, -0.25) is 0 Å². The van der Waals surface area contributed by atoms with E-state index in [-0.39, 0.29) is 11.7 Å². The third-order valence-corrected chi connectivity index (χ3v) is 5.24. The smallest absolute Gasteiger partial charge is 0.0939 e. The van der Waals surface area contributed by atoms with Crippen molar-refractivity contribution in [2.75, 3.05) is 7.11 Å². The maximum Gasteiger partial charge on any atom is 0.0939 e. The molecule has 2 aliphatic rings. The molecule has 0 saturated heterocycles. The zero-order chi connectivity index (χ0) is 12.8. The molecule has 0 aromatic heterocycles. The molecule has 0 aliphatic heterocycles. The minimum absolute atomic E-state index is 0.231. The molecule has 0 heterocycles. The lowest BCUT2D eigenvalue weighted by Gasteiger charge is -2.40. The number of methoxy groups -OCH3 is 1. The fourth-order valence-corrected chi connectivity index (χ4v) is 4.00. The standard InChI is InChI=1S/C16H30O2/c1-18-16(12-8-4-5-9-13-16)15(17)14-10-6-2-3-7-11-14/h14-15,17H,2-13H2,1H3. The number of ether oxygens (including phenoxy) is 1. The van der Waals surface area contributed by atoms with E-state index in [4.69, 9.17) is 4.74 Å². The van der Waals surface area contributed by atoms with Crippen LogP contribution < -0.4 is 0 Å². The topological polar surface area (TPSA) is 29.5 Å². The van der Waals surface area contributed by atoms with E-state index in [1.54, 1.807) is 0 Å². The zero-order valence-electron chi connectivity index (χ0n) is 12.0. The van der Waals surface area contributed by atoms with Crippen LogP contribution in [-0.4, -0.2) is 23.9 Å². The van der Waals surface area contributed by atoms with Crippen LogP contribution in [0.1, 0.15) is 77.0 Å². The molecule has 0 aromatic carbocycles. The van der Waals surface area contributed by atoms with Crippen LogP contribution in [0.15, 0.2) is 0 Å². The Labute approximate surface area is 112 Å². The highest BCUT2D eigenvalue weighted by molar-refractivity contribution is 4.93. The number of aliphatic hydroxyl groups is 1. The van der Waals surface area contributed by atoms with Crippen LogP contribution >= 0.6 is 0 Å². The Balaban J connectivity index is 2.04. The van der Waals surface area contributed by atoms with Crippen LogP contribution in [0.3, 0.4) is 0 Å². The van der Waals surface area contributed by atoms with Crippen molar-refractivity contribution in [3.63, 3.8) is 0 Å². The third kappa shape index (κ3) is 3.27. The molecule has 0 radical (unpaired) electrons. The van der Waals surface area contributed by atoms with Gasteiger partial charge in [0.05, 0.1) is 11.7 Å². The number of hydrogen-bond acceptors (Lipinski definition) is 2. The van der Waals surface area contributed by atoms with E-state index in [0.717, 1.165) is 12.8 Å². The molecular formula is C16H30O2. The van der Waals surface area contributed by atoms with Gasteiger partial charge in [-0.1, -0.05) is 51.4 Å². The van der Waals surface area contributed by atoms with Crippen molar-refractivity contribution in [2.24, 2.45) is 5.92 Å². The Hall–Kier alpha value is -0.0800. The Kier molecular flexibility index (Phi) is 5.50. The predicted octanol–water partition coefficient (Wildman–Crippen LogP) is 4.06. The first kappa shape index (κ1) is 14.3. The average molecular weight is 254 g/mol. The van der Waals surface area contributed by atoms with Crippen molar-refractivity contribution in [2.45, 2.75) is 88.8 Å². The van der Waals surface area contributed by atoms with E-state index >= 15 is 0 Å². The second-order valence-electron chi connectivity index (χ2n) is 6.38. The Morgan fingerprint density at radius 2 is 1.39 bits per heavy atom. The molecule has 1 atom stereocenters. The maximum absolute atomic E-state index is 10.9. The van der Waals surface area contributed by atoms with Gasteiger partial charge in [-0.15, -0.1) is 0 Å². The largest absolute Gasteiger partial charge is 0.390 e. The SMILES string of the molecule is COC1(C(O)C2CCCCCC2)CCCCCC1. The summed E-state index contributed by atoms with van der Waals surface area (Å²) in [6.45, 7) is 0. The summed E-state index contributed by atoms with van der Waals surface area (Å²) < 4.78 is 5.86. The van der Waals surface area contributed by atoms with Gasteiger partial charge in [0.2, 0.25) is 0 Å². The summed E-state index contributed by atoms with van der Waals surface area (Å²) in [6.07, 6.45) is 14.6. The van der Waals surface area contributed by atoms with Crippen molar-refractivity contribution in [3.05, 3.63) is 0 Å². The van der Waals surface area contributed by atoms with Gasteiger partial charge >= 0.3 is 0 Å². The molecule has 18 heavy (non-hydrogen) atoms. The zero-order valence-corrected chi connectivity index (χ0v) is 12.0. The molecule has 2 aliphatic carbocycles. The van der Waals surface area contributed by atoms with Crippen LogP contribution in [-0.2, 0) is 4.74 Å². The molecule has 0 spiro atoms. The Bertz CT molecular complexity index is 223.